The molecule has 0 N–H and O–H groups in total. The van der Waals surface area contributed by atoms with E-state index in [1.54, 1.807) is 0 Å². The van der Waals surface area contributed by atoms with E-state index >= 15 is 0 Å². The molecule has 92 valence electrons. The van der Waals surface area contributed by atoms with E-state index in [-0.39, 0.29) is 11.8 Å². The molecule has 2 nitrogen and oxygen atoms in total. The lowest BCUT2D eigenvalue weighted by Crippen LogP contribution is -2.40. The van der Waals surface area contributed by atoms with Crippen LogP contribution in [0.5, 0.6) is 0 Å². The van der Waals surface area contributed by atoms with E-state index in [9.17, 15) is 4.79 Å². The fourth-order valence-corrected chi connectivity index (χ4v) is 3.03. The average Bonchev–Trinajstić information content (AvgIpc) is 2.87. The van der Waals surface area contributed by atoms with Crippen LogP contribution in [0.25, 0.3) is 0 Å². The third-order valence-electron chi connectivity index (χ3n) is 4.00. The minimum atomic E-state index is -0.784. The Kier molecular flexibility index (Phi) is 3.42. The first kappa shape index (κ1) is 12.5. The zero-order valence-corrected chi connectivity index (χ0v) is 11.4. The second-order valence-corrected chi connectivity index (χ2v) is 6.92. The molecule has 2 rings (SSSR count). The summed E-state index contributed by atoms with van der Waals surface area (Å²) in [7, 11) is 1.89. The van der Waals surface area contributed by atoms with E-state index < -0.39 is 4.33 Å². The molecule has 1 unspecified atom stereocenters. The lowest BCUT2D eigenvalue weighted by molar-refractivity contribution is -0.134. The third kappa shape index (κ3) is 2.48. The Morgan fingerprint density at radius 2 is 1.75 bits per heavy atom. The summed E-state index contributed by atoms with van der Waals surface area (Å²) in [6, 6.07) is 0.397. The molecule has 1 amide bonds. The first-order chi connectivity index (χ1) is 7.42. The predicted octanol–water partition coefficient (Wildman–Crippen LogP) is 3.22. The quantitative estimate of drug-likeness (QED) is 0.701. The van der Waals surface area contributed by atoms with Gasteiger partial charge < -0.3 is 4.90 Å². The molecular weight excluding hydrogens is 245 g/mol. The summed E-state index contributed by atoms with van der Waals surface area (Å²) < 4.78 is -0.784. The number of rotatable bonds is 2. The molecule has 4 heteroatoms. The van der Waals surface area contributed by atoms with Crippen LogP contribution < -0.4 is 0 Å². The Labute approximate surface area is 107 Å². The monoisotopic (exact) mass is 263 g/mol. The molecule has 0 aromatic rings. The molecule has 0 bridgehead atoms. The molecule has 0 spiro atoms. The topological polar surface area (TPSA) is 20.3 Å². The number of carbonyl (C=O) groups excluding carboxylic acids is 1. The molecule has 0 aliphatic heterocycles. The molecule has 2 saturated carbocycles. The number of nitrogens with zero attached hydrogens (tertiary/aromatic N) is 1. The zero-order valence-electron chi connectivity index (χ0n) is 9.88. The first-order valence-corrected chi connectivity index (χ1v) is 6.82. The molecule has 0 radical (unpaired) electrons. The Morgan fingerprint density at radius 1 is 1.25 bits per heavy atom. The van der Waals surface area contributed by atoms with Crippen molar-refractivity contribution in [3.8, 4) is 0 Å². The molecule has 1 atom stereocenters. The first-order valence-electron chi connectivity index (χ1n) is 6.06. The molecule has 0 saturated heterocycles. The van der Waals surface area contributed by atoms with Crippen molar-refractivity contribution >= 4 is 29.1 Å². The van der Waals surface area contributed by atoms with Gasteiger partial charge in [0.25, 0.3) is 0 Å². The van der Waals surface area contributed by atoms with Crippen LogP contribution >= 0.6 is 23.2 Å². The van der Waals surface area contributed by atoms with Crippen LogP contribution in [0.4, 0.5) is 0 Å². The number of amides is 1. The number of halogens is 2. The number of hydrogen-bond acceptors (Lipinski definition) is 1. The van der Waals surface area contributed by atoms with Crippen LogP contribution in [-0.2, 0) is 4.79 Å². The Balaban J connectivity index is 1.88. The van der Waals surface area contributed by atoms with Crippen molar-refractivity contribution in [2.24, 2.45) is 11.8 Å². The zero-order chi connectivity index (χ0) is 11.9. The third-order valence-corrected chi connectivity index (χ3v) is 4.84. The van der Waals surface area contributed by atoms with E-state index in [4.69, 9.17) is 23.2 Å². The molecule has 0 aromatic carbocycles. The molecule has 2 fully saturated rings. The van der Waals surface area contributed by atoms with Crippen molar-refractivity contribution in [3.63, 3.8) is 0 Å². The standard InChI is InChI=1S/C12H19Cl2NO/c1-8-3-5-9(6-4-8)15(2)11(16)10-7-12(10,13)14/h8-10H,3-7H2,1-2H3. The lowest BCUT2D eigenvalue weighted by atomic mass is 9.86. The largest absolute Gasteiger partial charge is 0.342 e. The number of alkyl halides is 2. The fraction of sp³-hybridized carbons (Fsp3) is 0.917. The summed E-state index contributed by atoms with van der Waals surface area (Å²) in [5, 5.41) is 0. The van der Waals surface area contributed by atoms with Gasteiger partial charge in [0.05, 0.1) is 5.92 Å². The predicted molar refractivity (Wildman–Crippen MR) is 66.7 cm³/mol. The number of carbonyl (C=O) groups is 1. The SMILES string of the molecule is CC1CCC(N(C)C(=O)C2CC2(Cl)Cl)CC1. The van der Waals surface area contributed by atoms with E-state index in [1.807, 2.05) is 11.9 Å². The Morgan fingerprint density at radius 3 is 2.19 bits per heavy atom. The number of hydrogen-bond donors (Lipinski definition) is 0. The Bertz CT molecular complexity index is 285. The average molecular weight is 264 g/mol. The van der Waals surface area contributed by atoms with Crippen molar-refractivity contribution in [2.45, 2.75) is 49.4 Å². The van der Waals surface area contributed by atoms with Gasteiger partial charge >= 0.3 is 0 Å². The highest BCUT2D eigenvalue weighted by Gasteiger charge is 2.57. The van der Waals surface area contributed by atoms with Gasteiger partial charge in [-0.15, -0.1) is 23.2 Å². The van der Waals surface area contributed by atoms with Crippen LogP contribution in [0.2, 0.25) is 0 Å². The second-order valence-electron chi connectivity index (χ2n) is 5.38. The molecule has 16 heavy (non-hydrogen) atoms. The summed E-state index contributed by atoms with van der Waals surface area (Å²) in [5.74, 6) is 0.769. The summed E-state index contributed by atoms with van der Waals surface area (Å²) >= 11 is 11.9. The smallest absolute Gasteiger partial charge is 0.228 e. The van der Waals surface area contributed by atoms with Crippen LogP contribution in [0.3, 0.4) is 0 Å². The highest BCUT2D eigenvalue weighted by atomic mass is 35.5. The molecule has 0 aromatic heterocycles. The fourth-order valence-electron chi connectivity index (χ4n) is 2.54. The van der Waals surface area contributed by atoms with Crippen molar-refractivity contribution in [1.82, 2.24) is 4.90 Å². The minimum Gasteiger partial charge on any atom is -0.342 e. The lowest BCUT2D eigenvalue weighted by Gasteiger charge is -2.33. The van der Waals surface area contributed by atoms with Gasteiger partial charge in [-0.25, -0.2) is 0 Å². The minimum absolute atomic E-state index is 0.129. The summed E-state index contributed by atoms with van der Waals surface area (Å²) in [6.45, 7) is 2.28. The normalized spacial score (nSPS) is 36.9. The summed E-state index contributed by atoms with van der Waals surface area (Å²) in [6.07, 6.45) is 5.30. The molecule has 0 heterocycles. The van der Waals surface area contributed by atoms with Gasteiger partial charge in [0, 0.05) is 13.1 Å². The van der Waals surface area contributed by atoms with Gasteiger partial charge in [-0.2, -0.15) is 0 Å². The van der Waals surface area contributed by atoms with E-state index in [2.05, 4.69) is 6.92 Å². The maximum atomic E-state index is 12.1. The van der Waals surface area contributed by atoms with Crippen LogP contribution in [0, 0.1) is 11.8 Å². The van der Waals surface area contributed by atoms with Crippen LogP contribution in [-0.4, -0.2) is 28.2 Å². The highest BCUT2D eigenvalue weighted by molar-refractivity contribution is 6.52. The van der Waals surface area contributed by atoms with Crippen molar-refractivity contribution in [2.75, 3.05) is 7.05 Å². The van der Waals surface area contributed by atoms with Crippen molar-refractivity contribution in [3.05, 3.63) is 0 Å². The van der Waals surface area contributed by atoms with Gasteiger partial charge in [0.15, 0.2) is 0 Å². The van der Waals surface area contributed by atoms with Gasteiger partial charge in [0.1, 0.15) is 4.33 Å². The van der Waals surface area contributed by atoms with Gasteiger partial charge in [-0.3, -0.25) is 4.79 Å². The summed E-state index contributed by atoms with van der Waals surface area (Å²) in [4.78, 5) is 13.9. The van der Waals surface area contributed by atoms with Gasteiger partial charge in [-0.05, 0) is 38.0 Å². The van der Waals surface area contributed by atoms with E-state index in [0.29, 0.717) is 12.5 Å². The summed E-state index contributed by atoms with van der Waals surface area (Å²) in [5.41, 5.74) is 0. The van der Waals surface area contributed by atoms with Gasteiger partial charge in [-0.1, -0.05) is 6.92 Å². The second kappa shape index (κ2) is 4.38. The van der Waals surface area contributed by atoms with Crippen molar-refractivity contribution in [1.29, 1.82) is 0 Å². The highest BCUT2D eigenvalue weighted by Crippen LogP contribution is 2.54. The molecular formula is C12H19Cl2NO. The molecule has 2 aliphatic rings. The molecule has 2 aliphatic carbocycles. The van der Waals surface area contributed by atoms with E-state index in [0.717, 1.165) is 18.8 Å². The van der Waals surface area contributed by atoms with E-state index in [1.165, 1.54) is 12.8 Å². The maximum Gasteiger partial charge on any atom is 0.228 e. The van der Waals surface area contributed by atoms with Gasteiger partial charge in [0.2, 0.25) is 5.91 Å². The Hall–Kier alpha value is 0.0500. The van der Waals surface area contributed by atoms with Crippen molar-refractivity contribution < 1.29 is 4.79 Å². The van der Waals surface area contributed by atoms with Crippen LogP contribution in [0.15, 0.2) is 0 Å². The van der Waals surface area contributed by atoms with Crippen LogP contribution in [0.1, 0.15) is 39.0 Å². The maximum absolute atomic E-state index is 12.1.